The second-order valence-electron chi connectivity index (χ2n) is 17.7. The standard InChI is InChI=1S/C61H40N2O/c1-61(2)52-24-12-23-49(57(52)51-34-39-17-6-7-18-40(39)35-53(51)61)55-36-54(62-60(63-55)38-15-4-3-5-16-38)44-29-27-41-32-43(28-26-42(41)33-44)45-19-10-11-21-47(45)48-22-13-25-56-58(48)50-31-30-37-14-8-9-20-46(37)59(50)64-56/h3-36H,1-2H3. The maximum absolute atomic E-state index is 6.59. The van der Waals surface area contributed by atoms with Crippen molar-refractivity contribution < 1.29 is 4.42 Å². The second kappa shape index (κ2) is 13.9. The normalized spacial score (nSPS) is 13.0. The highest BCUT2D eigenvalue weighted by Crippen LogP contribution is 2.53. The highest BCUT2D eigenvalue weighted by atomic mass is 16.3. The molecule has 64 heavy (non-hydrogen) atoms. The molecule has 300 valence electrons. The zero-order valence-electron chi connectivity index (χ0n) is 35.4. The molecule has 0 N–H and O–H groups in total. The van der Waals surface area contributed by atoms with Crippen LogP contribution in [0.4, 0.5) is 0 Å². The molecule has 0 unspecified atom stereocenters. The van der Waals surface area contributed by atoms with Gasteiger partial charge in [-0.05, 0) is 114 Å². The van der Waals surface area contributed by atoms with Gasteiger partial charge in [-0.15, -0.1) is 0 Å². The number of furan rings is 1. The Hall–Kier alpha value is -8.14. The van der Waals surface area contributed by atoms with E-state index < -0.39 is 0 Å². The van der Waals surface area contributed by atoms with Crippen LogP contribution in [0, 0.1) is 0 Å². The van der Waals surface area contributed by atoms with Gasteiger partial charge in [0.15, 0.2) is 5.82 Å². The van der Waals surface area contributed by atoms with E-state index in [-0.39, 0.29) is 5.41 Å². The van der Waals surface area contributed by atoms with Crippen LogP contribution in [0.3, 0.4) is 0 Å². The van der Waals surface area contributed by atoms with Gasteiger partial charge in [-0.1, -0.05) is 178 Å². The summed E-state index contributed by atoms with van der Waals surface area (Å²) in [7, 11) is 0. The first-order valence-electron chi connectivity index (χ1n) is 22.1. The molecule has 0 aliphatic heterocycles. The molecule has 3 heteroatoms. The Morgan fingerprint density at radius 3 is 1.84 bits per heavy atom. The largest absolute Gasteiger partial charge is 0.455 e. The summed E-state index contributed by atoms with van der Waals surface area (Å²) in [6, 6.07) is 74.2. The summed E-state index contributed by atoms with van der Waals surface area (Å²) < 4.78 is 6.59. The van der Waals surface area contributed by atoms with Gasteiger partial charge in [0, 0.05) is 38.3 Å². The molecular weight excluding hydrogens is 777 g/mol. The van der Waals surface area contributed by atoms with E-state index in [1.807, 2.05) is 6.07 Å². The average molecular weight is 817 g/mol. The zero-order chi connectivity index (χ0) is 42.5. The van der Waals surface area contributed by atoms with E-state index in [0.29, 0.717) is 5.82 Å². The van der Waals surface area contributed by atoms with Crippen LogP contribution in [0.2, 0.25) is 0 Å². The SMILES string of the molecule is CC1(C)c2cc3ccccc3cc2-c2c(-c3cc(-c4ccc5cc(-c6ccccc6-c6cccc7oc8c9ccccc9ccc8c67)ccc5c4)nc(-c4ccccc4)n3)cccc21. The highest BCUT2D eigenvalue weighted by molar-refractivity contribution is 6.19. The lowest BCUT2D eigenvalue weighted by atomic mass is 9.81. The van der Waals surface area contributed by atoms with Gasteiger partial charge in [0.1, 0.15) is 11.2 Å². The molecule has 1 aliphatic carbocycles. The third kappa shape index (κ3) is 5.60. The van der Waals surface area contributed by atoms with Gasteiger partial charge >= 0.3 is 0 Å². The third-order valence-corrected chi connectivity index (χ3v) is 13.7. The Kier molecular flexibility index (Phi) is 7.95. The summed E-state index contributed by atoms with van der Waals surface area (Å²) in [5.74, 6) is 0.711. The number of hydrogen-bond acceptors (Lipinski definition) is 3. The first-order valence-corrected chi connectivity index (χ1v) is 22.1. The van der Waals surface area contributed by atoms with Crippen LogP contribution in [-0.2, 0) is 5.41 Å². The summed E-state index contributed by atoms with van der Waals surface area (Å²) in [6.07, 6.45) is 0. The van der Waals surface area contributed by atoms with Crippen LogP contribution in [0.25, 0.3) is 122 Å². The van der Waals surface area contributed by atoms with Gasteiger partial charge in [-0.25, -0.2) is 9.97 Å². The monoisotopic (exact) mass is 816 g/mol. The Bertz CT molecular complexity index is 3880. The summed E-state index contributed by atoms with van der Waals surface area (Å²) >= 11 is 0. The summed E-state index contributed by atoms with van der Waals surface area (Å²) in [4.78, 5) is 10.6. The minimum absolute atomic E-state index is 0.156. The molecule has 0 bridgehead atoms. The summed E-state index contributed by atoms with van der Waals surface area (Å²) in [5, 5.41) is 9.41. The first kappa shape index (κ1) is 36.5. The Morgan fingerprint density at radius 1 is 0.375 bits per heavy atom. The van der Waals surface area contributed by atoms with Crippen molar-refractivity contribution in [2.24, 2.45) is 0 Å². The van der Waals surface area contributed by atoms with Gasteiger partial charge in [0.25, 0.3) is 0 Å². The van der Waals surface area contributed by atoms with Crippen molar-refractivity contribution in [3.63, 3.8) is 0 Å². The number of rotatable bonds is 5. The number of hydrogen-bond donors (Lipinski definition) is 0. The molecule has 3 nitrogen and oxygen atoms in total. The minimum atomic E-state index is -0.156. The van der Waals surface area contributed by atoms with Crippen LogP contribution < -0.4 is 0 Å². The van der Waals surface area contributed by atoms with Gasteiger partial charge < -0.3 is 4.42 Å². The molecule has 0 saturated heterocycles. The van der Waals surface area contributed by atoms with Crippen molar-refractivity contribution in [2.45, 2.75) is 19.3 Å². The molecule has 0 atom stereocenters. The molecule has 10 aromatic carbocycles. The van der Waals surface area contributed by atoms with Crippen LogP contribution in [0.1, 0.15) is 25.0 Å². The lowest BCUT2D eigenvalue weighted by molar-refractivity contribution is 0.661. The third-order valence-electron chi connectivity index (χ3n) is 13.7. The summed E-state index contributed by atoms with van der Waals surface area (Å²) in [6.45, 7) is 4.69. The van der Waals surface area contributed by atoms with Crippen molar-refractivity contribution in [3.8, 4) is 67.3 Å². The molecule has 2 heterocycles. The van der Waals surface area contributed by atoms with Crippen LogP contribution in [0.15, 0.2) is 211 Å². The molecule has 0 spiro atoms. The van der Waals surface area contributed by atoms with E-state index in [0.717, 1.165) is 71.9 Å². The van der Waals surface area contributed by atoms with E-state index in [2.05, 4.69) is 214 Å². The van der Waals surface area contributed by atoms with Crippen molar-refractivity contribution >= 4 is 54.3 Å². The van der Waals surface area contributed by atoms with Crippen molar-refractivity contribution in [3.05, 3.63) is 217 Å². The fourth-order valence-corrected chi connectivity index (χ4v) is 10.5. The smallest absolute Gasteiger partial charge is 0.160 e. The predicted octanol–water partition coefficient (Wildman–Crippen LogP) is 16.5. The Balaban J connectivity index is 0.929. The van der Waals surface area contributed by atoms with Crippen LogP contribution in [0.5, 0.6) is 0 Å². The molecule has 0 saturated carbocycles. The lowest BCUT2D eigenvalue weighted by Crippen LogP contribution is -2.14. The zero-order valence-corrected chi connectivity index (χ0v) is 35.4. The van der Waals surface area contributed by atoms with Crippen molar-refractivity contribution in [2.75, 3.05) is 0 Å². The fraction of sp³-hybridized carbons (Fsp3) is 0.0492. The molecule has 0 fully saturated rings. The highest BCUT2D eigenvalue weighted by Gasteiger charge is 2.37. The topological polar surface area (TPSA) is 38.9 Å². The van der Waals surface area contributed by atoms with E-state index in [4.69, 9.17) is 14.4 Å². The van der Waals surface area contributed by atoms with E-state index in [9.17, 15) is 0 Å². The summed E-state index contributed by atoms with van der Waals surface area (Å²) in [5.41, 5.74) is 16.5. The van der Waals surface area contributed by atoms with Gasteiger partial charge in [-0.3, -0.25) is 0 Å². The number of benzene rings is 10. The predicted molar refractivity (Wildman–Crippen MR) is 267 cm³/mol. The molecular formula is C61H40N2O. The number of nitrogens with zero attached hydrogens (tertiary/aromatic N) is 2. The second-order valence-corrected chi connectivity index (χ2v) is 17.7. The van der Waals surface area contributed by atoms with E-state index in [1.165, 1.54) is 54.9 Å². The fourth-order valence-electron chi connectivity index (χ4n) is 10.5. The van der Waals surface area contributed by atoms with Gasteiger partial charge in [0.05, 0.1) is 11.4 Å². The van der Waals surface area contributed by atoms with Crippen molar-refractivity contribution in [1.82, 2.24) is 9.97 Å². The first-order chi connectivity index (χ1) is 31.5. The van der Waals surface area contributed by atoms with E-state index >= 15 is 0 Å². The van der Waals surface area contributed by atoms with Gasteiger partial charge in [0.2, 0.25) is 0 Å². The lowest BCUT2D eigenvalue weighted by Gasteiger charge is -2.22. The number of fused-ring (bicyclic) bond motifs is 10. The molecule has 12 aromatic rings. The van der Waals surface area contributed by atoms with Gasteiger partial charge in [-0.2, -0.15) is 0 Å². The molecule has 1 aliphatic rings. The maximum atomic E-state index is 6.59. The minimum Gasteiger partial charge on any atom is -0.455 e. The van der Waals surface area contributed by atoms with Crippen LogP contribution in [-0.4, -0.2) is 9.97 Å². The molecule has 13 rings (SSSR count). The molecule has 2 aromatic heterocycles. The molecule has 0 amide bonds. The number of aromatic nitrogens is 2. The van der Waals surface area contributed by atoms with E-state index in [1.54, 1.807) is 0 Å². The Morgan fingerprint density at radius 2 is 1.00 bits per heavy atom. The van der Waals surface area contributed by atoms with Crippen molar-refractivity contribution in [1.29, 1.82) is 0 Å². The quantitative estimate of drug-likeness (QED) is 0.174. The average Bonchev–Trinajstić information content (AvgIpc) is 3.85. The Labute approximate surface area is 371 Å². The maximum Gasteiger partial charge on any atom is 0.160 e. The molecule has 0 radical (unpaired) electrons. The van der Waals surface area contributed by atoms with Crippen LogP contribution >= 0.6 is 0 Å².